The van der Waals surface area contributed by atoms with Gasteiger partial charge in [-0.15, -0.1) is 0 Å². The predicted octanol–water partition coefficient (Wildman–Crippen LogP) is 2.60. The van der Waals surface area contributed by atoms with Crippen LogP contribution in [0.3, 0.4) is 0 Å². The predicted molar refractivity (Wildman–Crippen MR) is 72.9 cm³/mol. The summed E-state index contributed by atoms with van der Waals surface area (Å²) in [7, 11) is 0. The van der Waals surface area contributed by atoms with Crippen LogP contribution in [0.1, 0.15) is 24.2 Å². The highest BCUT2D eigenvalue weighted by Crippen LogP contribution is 2.20. The molecule has 0 atom stereocenters. The number of hydrogen-bond donors (Lipinski definition) is 2. The molecule has 1 aromatic rings. The molecule has 5 heteroatoms. The van der Waals surface area contributed by atoms with E-state index in [1.807, 2.05) is 6.92 Å². The van der Waals surface area contributed by atoms with E-state index in [2.05, 4.69) is 17.2 Å². The number of amides is 2. The number of carbonyl (C=O) groups excluding carboxylic acids is 2. The summed E-state index contributed by atoms with van der Waals surface area (Å²) < 4.78 is 0. The third-order valence-corrected chi connectivity index (χ3v) is 2.41. The van der Waals surface area contributed by atoms with Crippen molar-refractivity contribution < 1.29 is 9.59 Å². The molecule has 0 saturated carbocycles. The Hall–Kier alpha value is -1.81. The molecule has 2 N–H and O–H groups in total. The second-order valence-corrected chi connectivity index (χ2v) is 4.42. The zero-order valence-electron chi connectivity index (χ0n) is 10.3. The van der Waals surface area contributed by atoms with Crippen molar-refractivity contribution in [3.8, 4) is 0 Å². The fourth-order valence-electron chi connectivity index (χ4n) is 1.31. The van der Waals surface area contributed by atoms with E-state index < -0.39 is 0 Å². The van der Waals surface area contributed by atoms with Gasteiger partial charge in [-0.2, -0.15) is 0 Å². The van der Waals surface area contributed by atoms with E-state index in [1.54, 1.807) is 12.1 Å². The Morgan fingerprint density at radius 3 is 2.56 bits per heavy atom. The Kier molecular flexibility index (Phi) is 4.92. The highest BCUT2D eigenvalue weighted by Gasteiger charge is 2.11. The minimum Gasteiger partial charge on any atom is -0.348 e. The highest BCUT2D eigenvalue weighted by atomic mass is 35.5. The minimum atomic E-state index is -0.296. The van der Waals surface area contributed by atoms with Crippen LogP contribution in [0.2, 0.25) is 5.02 Å². The molecular formula is C13H15ClN2O2. The van der Waals surface area contributed by atoms with Gasteiger partial charge < -0.3 is 10.6 Å². The van der Waals surface area contributed by atoms with Crippen molar-refractivity contribution in [1.82, 2.24) is 5.32 Å². The van der Waals surface area contributed by atoms with Crippen molar-refractivity contribution in [3.05, 3.63) is 40.9 Å². The van der Waals surface area contributed by atoms with E-state index in [0.29, 0.717) is 22.8 Å². The molecule has 18 heavy (non-hydrogen) atoms. The van der Waals surface area contributed by atoms with Crippen molar-refractivity contribution >= 4 is 29.1 Å². The summed E-state index contributed by atoms with van der Waals surface area (Å²) in [6.07, 6.45) is 0. The molecule has 0 aromatic heterocycles. The van der Waals surface area contributed by atoms with Gasteiger partial charge in [-0.3, -0.25) is 9.59 Å². The van der Waals surface area contributed by atoms with Crippen LogP contribution in [0.15, 0.2) is 30.4 Å². The Morgan fingerprint density at radius 2 is 2.00 bits per heavy atom. The van der Waals surface area contributed by atoms with Crippen LogP contribution in [-0.4, -0.2) is 18.4 Å². The monoisotopic (exact) mass is 266 g/mol. The number of carbonyl (C=O) groups is 2. The summed E-state index contributed by atoms with van der Waals surface area (Å²) in [6, 6.07) is 4.75. The second-order valence-electron chi connectivity index (χ2n) is 4.02. The second kappa shape index (κ2) is 6.21. The molecule has 0 spiro atoms. The number of nitrogens with one attached hydrogen (secondary N) is 2. The molecule has 2 amide bonds. The Morgan fingerprint density at radius 1 is 1.33 bits per heavy atom. The molecule has 0 fully saturated rings. The van der Waals surface area contributed by atoms with Crippen LogP contribution in [-0.2, 0) is 4.79 Å². The normalized spacial score (nSPS) is 9.72. The lowest BCUT2D eigenvalue weighted by molar-refractivity contribution is -0.114. The molecule has 1 rings (SSSR count). The number of hydrogen-bond acceptors (Lipinski definition) is 2. The van der Waals surface area contributed by atoms with Gasteiger partial charge in [-0.1, -0.05) is 23.8 Å². The van der Waals surface area contributed by atoms with Crippen LogP contribution in [0.5, 0.6) is 0 Å². The van der Waals surface area contributed by atoms with Gasteiger partial charge in [0.1, 0.15) is 0 Å². The molecule has 0 aliphatic rings. The van der Waals surface area contributed by atoms with Crippen molar-refractivity contribution in [2.24, 2.45) is 0 Å². The summed E-state index contributed by atoms with van der Waals surface area (Å²) in [4.78, 5) is 22.8. The summed E-state index contributed by atoms with van der Waals surface area (Å²) in [5.74, 6) is -0.499. The fourth-order valence-corrected chi connectivity index (χ4v) is 1.51. The van der Waals surface area contributed by atoms with Crippen molar-refractivity contribution in [3.63, 3.8) is 0 Å². The van der Waals surface area contributed by atoms with Gasteiger partial charge in [0.2, 0.25) is 5.91 Å². The lowest BCUT2D eigenvalue weighted by atomic mass is 10.1. The molecule has 0 aliphatic heterocycles. The molecule has 0 radical (unpaired) electrons. The van der Waals surface area contributed by atoms with Gasteiger partial charge in [-0.25, -0.2) is 0 Å². The number of anilines is 1. The SMILES string of the molecule is C=C(C)CNC(=O)c1cc(NC(C)=O)ccc1Cl. The van der Waals surface area contributed by atoms with E-state index in [-0.39, 0.29) is 11.8 Å². The zero-order valence-corrected chi connectivity index (χ0v) is 11.1. The maximum absolute atomic E-state index is 11.9. The first-order chi connectivity index (χ1) is 8.40. The lowest BCUT2D eigenvalue weighted by Gasteiger charge is -2.09. The smallest absolute Gasteiger partial charge is 0.253 e. The Balaban J connectivity index is 2.89. The van der Waals surface area contributed by atoms with Gasteiger partial charge in [0.05, 0.1) is 10.6 Å². The summed E-state index contributed by atoms with van der Waals surface area (Å²) in [6.45, 7) is 7.30. The average molecular weight is 267 g/mol. The molecule has 1 aromatic carbocycles. The molecular weight excluding hydrogens is 252 g/mol. The van der Waals surface area contributed by atoms with E-state index >= 15 is 0 Å². The maximum Gasteiger partial charge on any atom is 0.253 e. The minimum absolute atomic E-state index is 0.203. The first-order valence-corrected chi connectivity index (χ1v) is 5.77. The van der Waals surface area contributed by atoms with Gasteiger partial charge in [0, 0.05) is 19.2 Å². The summed E-state index contributed by atoms with van der Waals surface area (Å²) in [5.41, 5.74) is 1.70. The number of benzene rings is 1. The number of halogens is 1. The van der Waals surface area contributed by atoms with Gasteiger partial charge in [0.25, 0.3) is 5.91 Å². The van der Waals surface area contributed by atoms with E-state index in [1.165, 1.54) is 13.0 Å². The summed E-state index contributed by atoms with van der Waals surface area (Å²) in [5, 5.41) is 5.62. The molecule has 0 unspecified atom stereocenters. The first-order valence-electron chi connectivity index (χ1n) is 5.40. The topological polar surface area (TPSA) is 58.2 Å². The largest absolute Gasteiger partial charge is 0.348 e. The first kappa shape index (κ1) is 14.3. The number of rotatable bonds is 4. The summed E-state index contributed by atoms with van der Waals surface area (Å²) >= 11 is 5.95. The average Bonchev–Trinajstić information content (AvgIpc) is 2.28. The lowest BCUT2D eigenvalue weighted by Crippen LogP contribution is -2.25. The maximum atomic E-state index is 11.9. The zero-order chi connectivity index (χ0) is 13.7. The quantitative estimate of drug-likeness (QED) is 0.823. The van der Waals surface area contributed by atoms with E-state index in [9.17, 15) is 9.59 Å². The van der Waals surface area contributed by atoms with Gasteiger partial charge in [0.15, 0.2) is 0 Å². The highest BCUT2D eigenvalue weighted by molar-refractivity contribution is 6.34. The van der Waals surface area contributed by atoms with Crippen molar-refractivity contribution in [1.29, 1.82) is 0 Å². The standard InChI is InChI=1S/C13H15ClN2O2/c1-8(2)7-15-13(18)11-6-10(16-9(3)17)4-5-12(11)14/h4-6H,1,7H2,2-3H3,(H,15,18)(H,16,17). The van der Waals surface area contributed by atoms with Crippen LogP contribution >= 0.6 is 11.6 Å². The van der Waals surface area contributed by atoms with Crippen LogP contribution in [0.25, 0.3) is 0 Å². The van der Waals surface area contributed by atoms with E-state index in [0.717, 1.165) is 5.57 Å². The van der Waals surface area contributed by atoms with Crippen LogP contribution in [0, 0.1) is 0 Å². The van der Waals surface area contributed by atoms with Crippen molar-refractivity contribution in [2.75, 3.05) is 11.9 Å². The molecule has 0 saturated heterocycles. The van der Waals surface area contributed by atoms with Gasteiger partial charge in [-0.05, 0) is 25.1 Å². The van der Waals surface area contributed by atoms with Gasteiger partial charge >= 0.3 is 0 Å². The fraction of sp³-hybridized carbons (Fsp3) is 0.231. The van der Waals surface area contributed by atoms with Crippen LogP contribution < -0.4 is 10.6 Å². The molecule has 0 aliphatic carbocycles. The molecule has 96 valence electrons. The molecule has 0 heterocycles. The van der Waals surface area contributed by atoms with Crippen LogP contribution in [0.4, 0.5) is 5.69 Å². The van der Waals surface area contributed by atoms with Crippen molar-refractivity contribution in [2.45, 2.75) is 13.8 Å². The molecule has 0 bridgehead atoms. The van der Waals surface area contributed by atoms with E-state index in [4.69, 9.17) is 11.6 Å². The Labute approximate surface area is 111 Å². The third-order valence-electron chi connectivity index (χ3n) is 2.08. The molecule has 4 nitrogen and oxygen atoms in total. The third kappa shape index (κ3) is 4.22. The Bertz CT molecular complexity index is 498.